The van der Waals surface area contributed by atoms with Crippen LogP contribution >= 0.6 is 11.3 Å². The van der Waals surface area contributed by atoms with Gasteiger partial charge in [0, 0.05) is 13.1 Å². The van der Waals surface area contributed by atoms with Gasteiger partial charge < -0.3 is 10.1 Å². The molecule has 1 N–H and O–H groups in total. The van der Waals surface area contributed by atoms with Crippen molar-refractivity contribution in [3.8, 4) is 5.75 Å². The number of carbonyl (C=O) groups excluding carboxylic acids is 1. The average Bonchev–Trinajstić information content (AvgIpc) is 3.01. The van der Waals surface area contributed by atoms with Crippen LogP contribution in [0.15, 0.2) is 34.5 Å². The first-order valence-electron chi connectivity index (χ1n) is 7.88. The first kappa shape index (κ1) is 19.4. The van der Waals surface area contributed by atoms with Crippen molar-refractivity contribution in [1.29, 1.82) is 0 Å². The Morgan fingerprint density at radius 2 is 1.92 bits per heavy atom. The van der Waals surface area contributed by atoms with Gasteiger partial charge in [-0.05, 0) is 42.1 Å². The standard InChI is InChI=1S/C17H22N2O4S2/c1-5-19(6-2)25(21,22)13-7-8-15(23-4)14(11-13)18-17(20)16-12(3)9-10-24-16/h7-11H,5-6H2,1-4H3,(H,18,20). The van der Waals surface area contributed by atoms with E-state index in [-0.39, 0.29) is 10.8 Å². The normalized spacial score (nSPS) is 11.6. The first-order valence-corrected chi connectivity index (χ1v) is 10.2. The number of nitrogens with zero attached hydrogens (tertiary/aromatic N) is 1. The number of nitrogens with one attached hydrogen (secondary N) is 1. The van der Waals surface area contributed by atoms with Gasteiger partial charge in [0.05, 0.1) is 22.6 Å². The van der Waals surface area contributed by atoms with E-state index in [9.17, 15) is 13.2 Å². The number of hydrogen-bond acceptors (Lipinski definition) is 5. The van der Waals surface area contributed by atoms with Crippen LogP contribution in [0.4, 0.5) is 5.69 Å². The van der Waals surface area contributed by atoms with E-state index in [0.717, 1.165) is 5.56 Å². The number of hydrogen-bond donors (Lipinski definition) is 1. The van der Waals surface area contributed by atoms with E-state index in [1.807, 2.05) is 18.4 Å². The van der Waals surface area contributed by atoms with Crippen LogP contribution in [-0.4, -0.2) is 38.8 Å². The monoisotopic (exact) mass is 382 g/mol. The highest BCUT2D eigenvalue weighted by atomic mass is 32.2. The lowest BCUT2D eigenvalue weighted by Gasteiger charge is -2.19. The van der Waals surface area contributed by atoms with Gasteiger partial charge in [-0.2, -0.15) is 4.31 Å². The summed E-state index contributed by atoms with van der Waals surface area (Å²) in [6.45, 7) is 6.17. The maximum Gasteiger partial charge on any atom is 0.266 e. The van der Waals surface area contributed by atoms with E-state index >= 15 is 0 Å². The highest BCUT2D eigenvalue weighted by Gasteiger charge is 2.23. The minimum absolute atomic E-state index is 0.121. The van der Waals surface area contributed by atoms with Gasteiger partial charge in [-0.15, -0.1) is 11.3 Å². The Morgan fingerprint density at radius 3 is 2.44 bits per heavy atom. The maximum absolute atomic E-state index is 12.7. The zero-order valence-electron chi connectivity index (χ0n) is 14.7. The summed E-state index contributed by atoms with van der Waals surface area (Å²) in [5, 5.41) is 4.59. The molecule has 0 saturated heterocycles. The van der Waals surface area contributed by atoms with E-state index < -0.39 is 10.0 Å². The van der Waals surface area contributed by atoms with Gasteiger partial charge in [0.25, 0.3) is 5.91 Å². The Labute approximate surface area is 152 Å². The smallest absolute Gasteiger partial charge is 0.266 e. The van der Waals surface area contributed by atoms with Gasteiger partial charge in [-0.1, -0.05) is 13.8 Å². The van der Waals surface area contributed by atoms with Crippen molar-refractivity contribution in [1.82, 2.24) is 4.31 Å². The van der Waals surface area contributed by atoms with E-state index in [0.29, 0.717) is 29.4 Å². The highest BCUT2D eigenvalue weighted by Crippen LogP contribution is 2.30. The molecule has 2 rings (SSSR count). The first-order chi connectivity index (χ1) is 11.8. The van der Waals surface area contributed by atoms with Crippen LogP contribution in [-0.2, 0) is 10.0 Å². The minimum Gasteiger partial charge on any atom is -0.495 e. The molecule has 0 bridgehead atoms. The number of amides is 1. The van der Waals surface area contributed by atoms with Crippen molar-refractivity contribution >= 4 is 33.0 Å². The lowest BCUT2D eigenvalue weighted by Crippen LogP contribution is -2.30. The summed E-state index contributed by atoms with van der Waals surface area (Å²) in [5.74, 6) is 0.115. The number of sulfonamides is 1. The van der Waals surface area contributed by atoms with Crippen LogP contribution in [0.2, 0.25) is 0 Å². The molecular formula is C17H22N2O4S2. The van der Waals surface area contributed by atoms with Crippen LogP contribution < -0.4 is 10.1 Å². The van der Waals surface area contributed by atoms with Gasteiger partial charge in [-0.3, -0.25) is 4.79 Å². The topological polar surface area (TPSA) is 75.7 Å². The summed E-state index contributed by atoms with van der Waals surface area (Å²) >= 11 is 1.33. The number of carbonyl (C=O) groups is 1. The summed E-state index contributed by atoms with van der Waals surface area (Å²) < 4.78 is 32.0. The molecule has 136 valence electrons. The maximum atomic E-state index is 12.7. The fourth-order valence-corrected chi connectivity index (χ4v) is 4.75. The van der Waals surface area contributed by atoms with Gasteiger partial charge >= 0.3 is 0 Å². The number of aryl methyl sites for hydroxylation is 1. The van der Waals surface area contributed by atoms with Gasteiger partial charge in [0.1, 0.15) is 5.75 Å². The minimum atomic E-state index is -3.62. The number of rotatable bonds is 7. The van der Waals surface area contributed by atoms with Gasteiger partial charge in [-0.25, -0.2) is 8.42 Å². The van der Waals surface area contributed by atoms with Crippen LogP contribution in [0.25, 0.3) is 0 Å². The highest BCUT2D eigenvalue weighted by molar-refractivity contribution is 7.89. The molecule has 0 aliphatic carbocycles. The van der Waals surface area contributed by atoms with Crippen LogP contribution in [0.5, 0.6) is 5.75 Å². The Bertz CT molecular complexity index is 855. The van der Waals surface area contributed by atoms with Gasteiger partial charge in [0.2, 0.25) is 10.0 Å². The number of thiophene rings is 1. The second-order valence-electron chi connectivity index (χ2n) is 5.34. The van der Waals surface area contributed by atoms with Crippen LogP contribution in [0, 0.1) is 6.92 Å². The summed E-state index contributed by atoms with van der Waals surface area (Å²) in [4.78, 5) is 13.2. The lowest BCUT2D eigenvalue weighted by atomic mass is 10.2. The summed E-state index contributed by atoms with van der Waals surface area (Å²) in [6.07, 6.45) is 0. The van der Waals surface area contributed by atoms with E-state index in [1.165, 1.54) is 34.9 Å². The van der Waals surface area contributed by atoms with E-state index in [1.54, 1.807) is 19.9 Å². The molecule has 1 amide bonds. The largest absolute Gasteiger partial charge is 0.495 e. The molecular weight excluding hydrogens is 360 g/mol. The molecule has 0 aliphatic rings. The van der Waals surface area contributed by atoms with Crippen molar-refractivity contribution in [2.45, 2.75) is 25.7 Å². The van der Waals surface area contributed by atoms with Crippen molar-refractivity contribution < 1.29 is 17.9 Å². The molecule has 0 radical (unpaired) electrons. The molecule has 2 aromatic rings. The third-order valence-corrected chi connectivity index (χ3v) is 6.89. The summed E-state index contributed by atoms with van der Waals surface area (Å²) in [7, 11) is -2.15. The fourth-order valence-electron chi connectivity index (χ4n) is 2.44. The molecule has 0 aliphatic heterocycles. The molecule has 1 aromatic carbocycles. The second kappa shape index (κ2) is 7.99. The Morgan fingerprint density at radius 1 is 1.24 bits per heavy atom. The Hall–Kier alpha value is -1.90. The molecule has 0 unspecified atom stereocenters. The zero-order chi connectivity index (χ0) is 18.6. The van der Waals surface area contributed by atoms with E-state index in [4.69, 9.17) is 4.74 Å². The van der Waals surface area contributed by atoms with Gasteiger partial charge in [0.15, 0.2) is 0 Å². The predicted octanol–water partition coefficient (Wildman–Crippen LogP) is 3.35. The summed E-state index contributed by atoms with van der Waals surface area (Å²) in [6, 6.07) is 6.33. The average molecular weight is 383 g/mol. The Kier molecular flexibility index (Phi) is 6.21. The van der Waals surface area contributed by atoms with E-state index in [2.05, 4.69) is 5.32 Å². The molecule has 0 fully saturated rings. The van der Waals surface area contributed by atoms with Crippen molar-refractivity contribution in [2.24, 2.45) is 0 Å². The molecule has 25 heavy (non-hydrogen) atoms. The summed E-state index contributed by atoms with van der Waals surface area (Å²) in [5.41, 5.74) is 1.20. The quantitative estimate of drug-likeness (QED) is 0.797. The van der Waals surface area contributed by atoms with Crippen LogP contribution in [0.3, 0.4) is 0 Å². The number of methoxy groups -OCH3 is 1. The number of anilines is 1. The fraction of sp³-hybridized carbons (Fsp3) is 0.353. The van der Waals surface area contributed by atoms with Crippen molar-refractivity contribution in [3.63, 3.8) is 0 Å². The van der Waals surface area contributed by atoms with Crippen molar-refractivity contribution in [2.75, 3.05) is 25.5 Å². The number of benzene rings is 1. The molecule has 0 spiro atoms. The predicted molar refractivity (Wildman–Crippen MR) is 100 cm³/mol. The lowest BCUT2D eigenvalue weighted by molar-refractivity contribution is 0.102. The molecule has 0 atom stereocenters. The zero-order valence-corrected chi connectivity index (χ0v) is 16.3. The molecule has 0 saturated carbocycles. The van der Waals surface area contributed by atoms with Crippen LogP contribution in [0.1, 0.15) is 29.1 Å². The molecule has 8 heteroatoms. The number of ether oxygens (including phenoxy) is 1. The second-order valence-corrected chi connectivity index (χ2v) is 8.19. The third kappa shape index (κ3) is 4.02. The Balaban J connectivity index is 2.41. The molecule has 6 nitrogen and oxygen atoms in total. The van der Waals surface area contributed by atoms with Crippen molar-refractivity contribution in [3.05, 3.63) is 40.1 Å². The molecule has 1 heterocycles. The third-order valence-electron chi connectivity index (χ3n) is 3.83. The molecule has 1 aromatic heterocycles. The SMILES string of the molecule is CCN(CC)S(=O)(=O)c1ccc(OC)c(NC(=O)c2sccc2C)c1.